The number of amidine groups is 1. The van der Waals surface area contributed by atoms with Gasteiger partial charge in [-0.1, -0.05) is 5.16 Å². The molecule has 1 amide bonds. The third-order valence-electron chi connectivity index (χ3n) is 4.70. The summed E-state index contributed by atoms with van der Waals surface area (Å²) in [5.74, 6) is -1.57. The van der Waals surface area contributed by atoms with Gasteiger partial charge < -0.3 is 25.9 Å². The van der Waals surface area contributed by atoms with Crippen LogP contribution < -0.4 is 16.0 Å². The fraction of sp³-hybridized carbons (Fsp3) is 0.400. The molecule has 0 saturated carbocycles. The van der Waals surface area contributed by atoms with Crippen molar-refractivity contribution in [1.82, 2.24) is 15.3 Å². The van der Waals surface area contributed by atoms with Crippen LogP contribution in [0, 0.1) is 11.6 Å². The molecule has 166 valence electrons. The Morgan fingerprint density at radius 1 is 1.29 bits per heavy atom. The van der Waals surface area contributed by atoms with Crippen LogP contribution in [0.2, 0.25) is 0 Å². The monoisotopic (exact) mass is 434 g/mol. The Bertz CT molecular complexity index is 978. The molecule has 1 saturated heterocycles. The van der Waals surface area contributed by atoms with Gasteiger partial charge in [0.2, 0.25) is 5.95 Å². The molecular weight excluding hydrogens is 410 g/mol. The first-order valence-corrected chi connectivity index (χ1v) is 9.56. The molecule has 2 heterocycles. The maximum absolute atomic E-state index is 14.5. The van der Waals surface area contributed by atoms with Crippen molar-refractivity contribution in [3.63, 3.8) is 0 Å². The first-order valence-electron chi connectivity index (χ1n) is 9.56. The number of hydrogen-bond donors (Lipinski definition) is 3. The molecule has 1 aliphatic rings. The SMILES string of the molecule is CC(C)(C)OC(=O)N[C@@H]1CN(c2ncc(C(N)=NO)cn2)CC1c1cc(F)ccc1F. The number of anilines is 1. The quantitative estimate of drug-likeness (QED) is 0.292. The number of carbonyl (C=O) groups is 1. The van der Waals surface area contributed by atoms with E-state index in [-0.39, 0.29) is 24.5 Å². The summed E-state index contributed by atoms with van der Waals surface area (Å²) in [7, 11) is 0. The molecule has 1 fully saturated rings. The number of nitrogens with zero attached hydrogens (tertiary/aromatic N) is 4. The summed E-state index contributed by atoms with van der Waals surface area (Å²) in [5, 5.41) is 14.4. The summed E-state index contributed by atoms with van der Waals surface area (Å²) < 4.78 is 33.6. The molecular formula is C20H24F2N6O3. The Morgan fingerprint density at radius 2 is 1.97 bits per heavy atom. The van der Waals surface area contributed by atoms with Gasteiger partial charge in [-0.3, -0.25) is 0 Å². The summed E-state index contributed by atoms with van der Waals surface area (Å²) in [6.45, 7) is 5.66. The van der Waals surface area contributed by atoms with Gasteiger partial charge in [-0.2, -0.15) is 0 Å². The van der Waals surface area contributed by atoms with Crippen molar-refractivity contribution in [2.75, 3.05) is 18.0 Å². The number of oxime groups is 1. The Balaban J connectivity index is 1.87. The lowest BCUT2D eigenvalue weighted by Gasteiger charge is -2.24. The van der Waals surface area contributed by atoms with Crippen LogP contribution in [0.4, 0.5) is 19.5 Å². The van der Waals surface area contributed by atoms with Crippen molar-refractivity contribution in [3.8, 4) is 0 Å². The summed E-state index contributed by atoms with van der Waals surface area (Å²) in [5.41, 5.74) is 5.27. The highest BCUT2D eigenvalue weighted by atomic mass is 19.1. The van der Waals surface area contributed by atoms with Gasteiger partial charge >= 0.3 is 6.09 Å². The van der Waals surface area contributed by atoms with Gasteiger partial charge in [0, 0.05) is 31.4 Å². The zero-order chi connectivity index (χ0) is 22.8. The molecule has 0 spiro atoms. The number of hydrogen-bond acceptors (Lipinski definition) is 7. The van der Waals surface area contributed by atoms with E-state index in [1.165, 1.54) is 12.4 Å². The van der Waals surface area contributed by atoms with Gasteiger partial charge in [-0.05, 0) is 44.5 Å². The molecule has 11 heteroatoms. The van der Waals surface area contributed by atoms with Crippen LogP contribution in [-0.2, 0) is 4.74 Å². The molecule has 2 aromatic rings. The second-order valence-corrected chi connectivity index (χ2v) is 8.19. The Labute approximate surface area is 177 Å². The van der Waals surface area contributed by atoms with Crippen LogP contribution in [0.25, 0.3) is 0 Å². The van der Waals surface area contributed by atoms with Crippen molar-refractivity contribution < 1.29 is 23.5 Å². The summed E-state index contributed by atoms with van der Waals surface area (Å²) in [4.78, 5) is 22.5. The van der Waals surface area contributed by atoms with Crippen molar-refractivity contribution in [1.29, 1.82) is 0 Å². The zero-order valence-electron chi connectivity index (χ0n) is 17.3. The number of ether oxygens (including phenoxy) is 1. The average molecular weight is 434 g/mol. The predicted molar refractivity (Wildman–Crippen MR) is 109 cm³/mol. The molecule has 9 nitrogen and oxygen atoms in total. The maximum Gasteiger partial charge on any atom is 0.407 e. The largest absolute Gasteiger partial charge is 0.444 e. The number of rotatable bonds is 4. The normalized spacial score (nSPS) is 19.4. The minimum Gasteiger partial charge on any atom is -0.444 e. The number of alkyl carbamates (subject to hydrolysis) is 1. The first-order chi connectivity index (χ1) is 14.6. The van der Waals surface area contributed by atoms with E-state index < -0.39 is 35.3 Å². The lowest BCUT2D eigenvalue weighted by atomic mass is 9.94. The first kappa shape index (κ1) is 22.2. The average Bonchev–Trinajstić information content (AvgIpc) is 3.11. The third-order valence-corrected chi connectivity index (χ3v) is 4.70. The molecule has 31 heavy (non-hydrogen) atoms. The summed E-state index contributed by atoms with van der Waals surface area (Å²) in [6.07, 6.45) is 2.09. The standard InChI is InChI=1S/C20H24F2N6O3/c1-20(2,3)31-19(29)26-16-10-28(18-24-7-11(8-25-18)17(23)27-30)9-14(16)13-6-12(21)4-5-15(13)22/h4-8,14,16,30H,9-10H2,1-3H3,(H2,23,27)(H,26,29)/t14?,16-/m1/s1. The number of benzene rings is 1. The van der Waals surface area contributed by atoms with Crippen LogP contribution in [0.3, 0.4) is 0 Å². The highest BCUT2D eigenvalue weighted by Gasteiger charge is 2.38. The number of amides is 1. The molecule has 1 aromatic heterocycles. The van der Waals surface area contributed by atoms with Gasteiger partial charge in [-0.25, -0.2) is 23.5 Å². The minimum atomic E-state index is -0.713. The highest BCUT2D eigenvalue weighted by Crippen LogP contribution is 2.32. The number of aromatic nitrogens is 2. The van der Waals surface area contributed by atoms with Crippen molar-refractivity contribution in [3.05, 3.63) is 53.4 Å². The summed E-state index contributed by atoms with van der Waals surface area (Å²) >= 11 is 0. The smallest absolute Gasteiger partial charge is 0.407 e. The molecule has 1 aliphatic heterocycles. The van der Waals surface area contributed by atoms with Gasteiger partial charge in [0.1, 0.15) is 17.2 Å². The Morgan fingerprint density at radius 3 is 2.58 bits per heavy atom. The lowest BCUT2D eigenvalue weighted by molar-refractivity contribution is 0.0504. The molecule has 4 N–H and O–H groups in total. The molecule has 0 radical (unpaired) electrons. The molecule has 3 rings (SSSR count). The number of nitrogens with two attached hydrogens (primary N) is 1. The lowest BCUT2D eigenvalue weighted by Crippen LogP contribution is -2.43. The number of nitrogens with one attached hydrogen (secondary N) is 1. The molecule has 0 bridgehead atoms. The molecule has 2 atom stereocenters. The Hall–Kier alpha value is -3.50. The van der Waals surface area contributed by atoms with Crippen molar-refractivity contribution in [2.24, 2.45) is 10.9 Å². The van der Waals surface area contributed by atoms with E-state index in [2.05, 4.69) is 20.4 Å². The van der Waals surface area contributed by atoms with Crippen LogP contribution >= 0.6 is 0 Å². The fourth-order valence-corrected chi connectivity index (χ4v) is 3.36. The third kappa shape index (κ3) is 5.36. The van der Waals surface area contributed by atoms with E-state index in [1.807, 2.05) is 0 Å². The van der Waals surface area contributed by atoms with Crippen LogP contribution in [0.1, 0.15) is 37.8 Å². The van der Waals surface area contributed by atoms with Gasteiger partial charge in [0.15, 0.2) is 5.84 Å². The van der Waals surface area contributed by atoms with Crippen molar-refractivity contribution in [2.45, 2.75) is 38.3 Å². The molecule has 0 aliphatic carbocycles. The second kappa shape index (κ2) is 8.70. The van der Waals surface area contributed by atoms with Crippen LogP contribution in [0.15, 0.2) is 35.7 Å². The molecule has 1 unspecified atom stereocenters. The number of carbonyl (C=O) groups excluding carboxylic acids is 1. The van der Waals surface area contributed by atoms with E-state index in [0.717, 1.165) is 18.2 Å². The van der Waals surface area contributed by atoms with E-state index >= 15 is 0 Å². The summed E-state index contributed by atoms with van der Waals surface area (Å²) in [6, 6.07) is 2.63. The van der Waals surface area contributed by atoms with E-state index in [4.69, 9.17) is 15.7 Å². The van der Waals surface area contributed by atoms with Gasteiger partial charge in [0.05, 0.1) is 11.6 Å². The van der Waals surface area contributed by atoms with Crippen molar-refractivity contribution >= 4 is 17.9 Å². The maximum atomic E-state index is 14.5. The minimum absolute atomic E-state index is 0.136. The Kier molecular flexibility index (Phi) is 6.23. The van der Waals surface area contributed by atoms with Gasteiger partial charge in [0.25, 0.3) is 0 Å². The van der Waals surface area contributed by atoms with Gasteiger partial charge in [-0.15, -0.1) is 0 Å². The zero-order valence-corrected chi connectivity index (χ0v) is 17.3. The predicted octanol–water partition coefficient (Wildman–Crippen LogP) is 2.35. The van der Waals surface area contributed by atoms with Crippen LogP contribution in [0.5, 0.6) is 0 Å². The van der Waals surface area contributed by atoms with E-state index in [1.54, 1.807) is 25.7 Å². The molecule has 1 aromatic carbocycles. The topological polar surface area (TPSA) is 126 Å². The second-order valence-electron chi connectivity index (χ2n) is 8.19. The van der Waals surface area contributed by atoms with Crippen LogP contribution in [-0.4, -0.2) is 51.8 Å². The van der Waals surface area contributed by atoms with E-state index in [9.17, 15) is 13.6 Å². The highest BCUT2D eigenvalue weighted by molar-refractivity contribution is 5.96. The number of halogens is 2. The fourth-order valence-electron chi connectivity index (χ4n) is 3.36. The van der Waals surface area contributed by atoms with E-state index in [0.29, 0.717) is 11.5 Å².